The van der Waals surface area contributed by atoms with E-state index in [0.717, 1.165) is 16.9 Å². The van der Waals surface area contributed by atoms with Crippen LogP contribution in [0.25, 0.3) is 0 Å². The molecule has 1 aromatic carbocycles. The first-order valence-corrected chi connectivity index (χ1v) is 6.80. The van der Waals surface area contributed by atoms with E-state index in [1.807, 2.05) is 25.1 Å². The fourth-order valence-corrected chi connectivity index (χ4v) is 2.49. The predicted octanol–water partition coefficient (Wildman–Crippen LogP) is 3.49. The van der Waals surface area contributed by atoms with Gasteiger partial charge >= 0.3 is 6.03 Å². The molecule has 0 radical (unpaired) electrons. The van der Waals surface area contributed by atoms with Crippen molar-refractivity contribution in [2.24, 2.45) is 0 Å². The minimum Gasteiger partial charge on any atom is -0.292 e. The molecule has 0 aliphatic carbocycles. The maximum atomic E-state index is 12.5. The summed E-state index contributed by atoms with van der Waals surface area (Å²) in [5.74, 6) is 0. The summed E-state index contributed by atoms with van der Waals surface area (Å²) in [6.45, 7) is 3.30. The number of aromatic nitrogens is 1. The van der Waals surface area contributed by atoms with Crippen LogP contribution in [0, 0.1) is 6.92 Å². The van der Waals surface area contributed by atoms with Crippen molar-refractivity contribution in [3.05, 3.63) is 53.3 Å². The van der Waals surface area contributed by atoms with Crippen LogP contribution in [0.5, 0.6) is 0 Å². The molecule has 0 bridgehead atoms. The molecule has 20 heavy (non-hydrogen) atoms. The van der Waals surface area contributed by atoms with Gasteiger partial charge in [0.05, 0.1) is 11.9 Å². The van der Waals surface area contributed by atoms with Gasteiger partial charge in [-0.25, -0.2) is 4.79 Å². The number of amides is 2. The topological polar surface area (TPSA) is 36.4 Å². The van der Waals surface area contributed by atoms with E-state index < -0.39 is 0 Å². The standard InChI is InChI=1S/C15H14ClN3O/c1-11-6-7-17-10-14(11)19-9-8-18(15(19)20)13-4-2-12(16)3-5-13/h2-7,10H,8-9H2,1H3. The van der Waals surface area contributed by atoms with Gasteiger partial charge in [-0.3, -0.25) is 14.8 Å². The third-order valence-corrected chi connectivity index (χ3v) is 3.70. The van der Waals surface area contributed by atoms with Gasteiger partial charge in [0.1, 0.15) is 0 Å². The first-order chi connectivity index (χ1) is 9.66. The SMILES string of the molecule is Cc1ccncc1N1CCN(c2ccc(Cl)cc2)C1=O. The first kappa shape index (κ1) is 12.9. The van der Waals surface area contributed by atoms with E-state index in [1.54, 1.807) is 34.3 Å². The molecule has 2 amide bonds. The lowest BCUT2D eigenvalue weighted by atomic mass is 10.2. The fraction of sp³-hybridized carbons (Fsp3) is 0.200. The van der Waals surface area contributed by atoms with Gasteiger partial charge in [0.15, 0.2) is 0 Å². The second kappa shape index (κ2) is 5.13. The summed E-state index contributed by atoms with van der Waals surface area (Å²) in [7, 11) is 0. The van der Waals surface area contributed by atoms with Gasteiger partial charge in [0.2, 0.25) is 0 Å². The molecule has 4 nitrogen and oxygen atoms in total. The summed E-state index contributed by atoms with van der Waals surface area (Å²) >= 11 is 5.88. The summed E-state index contributed by atoms with van der Waals surface area (Å²) in [6, 6.07) is 9.20. The van der Waals surface area contributed by atoms with Crippen molar-refractivity contribution < 1.29 is 4.79 Å². The zero-order chi connectivity index (χ0) is 14.1. The number of hydrogen-bond acceptors (Lipinski definition) is 2. The van der Waals surface area contributed by atoms with E-state index in [-0.39, 0.29) is 6.03 Å². The lowest BCUT2D eigenvalue weighted by molar-refractivity contribution is 0.256. The lowest BCUT2D eigenvalue weighted by Crippen LogP contribution is -2.32. The second-order valence-corrected chi connectivity index (χ2v) is 5.16. The van der Waals surface area contributed by atoms with Gasteiger partial charge in [-0.1, -0.05) is 11.6 Å². The van der Waals surface area contributed by atoms with Crippen LogP contribution in [0.4, 0.5) is 16.2 Å². The highest BCUT2D eigenvalue weighted by molar-refractivity contribution is 6.30. The molecule has 2 heterocycles. The van der Waals surface area contributed by atoms with Crippen LogP contribution in [-0.2, 0) is 0 Å². The maximum Gasteiger partial charge on any atom is 0.329 e. The summed E-state index contributed by atoms with van der Waals surface area (Å²) in [6.07, 6.45) is 3.47. The molecule has 1 aliphatic rings. The van der Waals surface area contributed by atoms with Crippen LogP contribution in [0.3, 0.4) is 0 Å². The Bertz CT molecular complexity index is 642. The molecular weight excluding hydrogens is 274 g/mol. The fourth-order valence-electron chi connectivity index (χ4n) is 2.36. The maximum absolute atomic E-state index is 12.5. The number of hydrogen-bond donors (Lipinski definition) is 0. The van der Waals surface area contributed by atoms with E-state index in [4.69, 9.17) is 11.6 Å². The van der Waals surface area contributed by atoms with Gasteiger partial charge in [0, 0.05) is 30.0 Å². The Kier molecular flexibility index (Phi) is 3.32. The van der Waals surface area contributed by atoms with Crippen molar-refractivity contribution in [2.45, 2.75) is 6.92 Å². The third-order valence-electron chi connectivity index (χ3n) is 3.45. The third kappa shape index (κ3) is 2.23. The number of nitrogens with zero attached hydrogens (tertiary/aromatic N) is 3. The molecular formula is C15H14ClN3O. The Morgan fingerprint density at radius 1 is 1.10 bits per heavy atom. The molecule has 102 valence electrons. The van der Waals surface area contributed by atoms with E-state index in [1.165, 1.54) is 0 Å². The lowest BCUT2D eigenvalue weighted by Gasteiger charge is -2.19. The molecule has 5 heteroatoms. The number of pyridine rings is 1. The van der Waals surface area contributed by atoms with Crippen molar-refractivity contribution >= 4 is 29.0 Å². The van der Waals surface area contributed by atoms with E-state index in [0.29, 0.717) is 18.1 Å². The zero-order valence-electron chi connectivity index (χ0n) is 11.1. The smallest absolute Gasteiger partial charge is 0.292 e. The number of carbonyl (C=O) groups excluding carboxylic acids is 1. The summed E-state index contributed by atoms with van der Waals surface area (Å²) in [5, 5.41) is 0.667. The van der Waals surface area contributed by atoms with E-state index in [9.17, 15) is 4.79 Å². The quantitative estimate of drug-likeness (QED) is 0.848. The number of urea groups is 1. The van der Waals surface area contributed by atoms with Crippen molar-refractivity contribution in [1.82, 2.24) is 4.98 Å². The Morgan fingerprint density at radius 3 is 2.50 bits per heavy atom. The van der Waals surface area contributed by atoms with Crippen LogP contribution in [-0.4, -0.2) is 24.1 Å². The van der Waals surface area contributed by atoms with E-state index >= 15 is 0 Å². The molecule has 0 N–H and O–H groups in total. The molecule has 1 saturated heterocycles. The minimum atomic E-state index is -0.0246. The number of benzene rings is 1. The van der Waals surface area contributed by atoms with Gasteiger partial charge in [-0.05, 0) is 42.8 Å². The van der Waals surface area contributed by atoms with Crippen LogP contribution >= 0.6 is 11.6 Å². The highest BCUT2D eigenvalue weighted by Gasteiger charge is 2.31. The van der Waals surface area contributed by atoms with Crippen LogP contribution in [0.15, 0.2) is 42.7 Å². The number of carbonyl (C=O) groups is 1. The first-order valence-electron chi connectivity index (χ1n) is 6.42. The van der Waals surface area contributed by atoms with Crippen LogP contribution in [0.2, 0.25) is 5.02 Å². The zero-order valence-corrected chi connectivity index (χ0v) is 11.8. The Hall–Kier alpha value is -2.07. The average Bonchev–Trinajstić information content (AvgIpc) is 2.82. The number of aryl methyl sites for hydroxylation is 1. The number of anilines is 2. The van der Waals surface area contributed by atoms with Crippen molar-refractivity contribution in [3.63, 3.8) is 0 Å². The Morgan fingerprint density at radius 2 is 1.80 bits per heavy atom. The number of halogens is 1. The summed E-state index contributed by atoms with van der Waals surface area (Å²) < 4.78 is 0. The van der Waals surface area contributed by atoms with Crippen LogP contribution < -0.4 is 9.80 Å². The number of rotatable bonds is 2. The van der Waals surface area contributed by atoms with Gasteiger partial charge in [-0.2, -0.15) is 0 Å². The molecule has 1 aromatic heterocycles. The van der Waals surface area contributed by atoms with Crippen molar-refractivity contribution in [3.8, 4) is 0 Å². The molecule has 1 aliphatic heterocycles. The highest BCUT2D eigenvalue weighted by atomic mass is 35.5. The second-order valence-electron chi connectivity index (χ2n) is 4.72. The molecule has 0 atom stereocenters. The molecule has 3 rings (SSSR count). The molecule has 0 spiro atoms. The van der Waals surface area contributed by atoms with Crippen molar-refractivity contribution in [2.75, 3.05) is 22.9 Å². The highest BCUT2D eigenvalue weighted by Crippen LogP contribution is 2.27. The largest absolute Gasteiger partial charge is 0.329 e. The molecule has 1 fully saturated rings. The van der Waals surface area contributed by atoms with Crippen LogP contribution in [0.1, 0.15) is 5.56 Å². The normalized spacial score (nSPS) is 15.0. The van der Waals surface area contributed by atoms with E-state index in [2.05, 4.69) is 4.98 Å². The minimum absolute atomic E-state index is 0.0246. The summed E-state index contributed by atoms with van der Waals surface area (Å²) in [4.78, 5) is 20.2. The molecule has 0 unspecified atom stereocenters. The molecule has 0 saturated carbocycles. The Labute approximate surface area is 122 Å². The molecule has 2 aromatic rings. The predicted molar refractivity (Wildman–Crippen MR) is 80.5 cm³/mol. The summed E-state index contributed by atoms with van der Waals surface area (Å²) in [5.41, 5.74) is 2.78. The van der Waals surface area contributed by atoms with Gasteiger partial charge in [0.25, 0.3) is 0 Å². The van der Waals surface area contributed by atoms with Gasteiger partial charge in [-0.15, -0.1) is 0 Å². The monoisotopic (exact) mass is 287 g/mol. The van der Waals surface area contributed by atoms with Gasteiger partial charge < -0.3 is 0 Å². The van der Waals surface area contributed by atoms with Crippen molar-refractivity contribution in [1.29, 1.82) is 0 Å². The Balaban J connectivity index is 1.88. The average molecular weight is 288 g/mol.